The Morgan fingerprint density at radius 2 is 1.92 bits per heavy atom. The van der Waals surface area contributed by atoms with Crippen LogP contribution < -0.4 is 10.6 Å². The summed E-state index contributed by atoms with van der Waals surface area (Å²) in [5.74, 6) is 0.777. The van der Waals surface area contributed by atoms with Crippen molar-refractivity contribution in [1.29, 1.82) is 0 Å². The summed E-state index contributed by atoms with van der Waals surface area (Å²) in [6.45, 7) is 5.49. The first kappa shape index (κ1) is 18.1. The van der Waals surface area contributed by atoms with Gasteiger partial charge in [-0.3, -0.25) is 9.98 Å². The van der Waals surface area contributed by atoms with Gasteiger partial charge in [-0.25, -0.2) is 4.98 Å². The van der Waals surface area contributed by atoms with E-state index in [2.05, 4.69) is 49.9 Å². The third-order valence-corrected chi connectivity index (χ3v) is 5.06. The molecule has 2 N–H and O–H groups in total. The molecule has 6 heteroatoms. The normalized spacial score (nSPS) is 11.4. The highest BCUT2D eigenvalue weighted by atomic mass is 32.1. The zero-order chi connectivity index (χ0) is 18.4. The van der Waals surface area contributed by atoms with Crippen molar-refractivity contribution >= 4 is 17.3 Å². The van der Waals surface area contributed by atoms with Gasteiger partial charge in [-0.15, -0.1) is 11.3 Å². The first-order valence-electron chi connectivity index (χ1n) is 8.53. The standard InChI is InChI=1S/C20H23N5S/c1-14-19(26-15(2)25-14)13-24-20(21-3)23-12-16-7-6-8-17(11-16)18-9-4-5-10-22-18/h4-11H,12-13H2,1-3H3,(H2,21,23,24). The Kier molecular flexibility index (Phi) is 5.96. The molecule has 0 aliphatic heterocycles. The number of aliphatic imine (C=N–C) groups is 1. The molecule has 0 atom stereocenters. The average molecular weight is 366 g/mol. The summed E-state index contributed by atoms with van der Waals surface area (Å²) < 4.78 is 0. The van der Waals surface area contributed by atoms with Gasteiger partial charge in [0.05, 0.1) is 22.9 Å². The third kappa shape index (κ3) is 4.67. The molecule has 2 heterocycles. The molecule has 26 heavy (non-hydrogen) atoms. The Hall–Kier alpha value is -2.73. The number of benzene rings is 1. The second-order valence-electron chi connectivity index (χ2n) is 5.94. The Balaban J connectivity index is 1.59. The summed E-state index contributed by atoms with van der Waals surface area (Å²) in [5.41, 5.74) is 4.36. The Bertz CT molecular complexity index is 886. The maximum absolute atomic E-state index is 4.46. The molecule has 3 aromatic rings. The van der Waals surface area contributed by atoms with Crippen molar-refractivity contribution in [3.63, 3.8) is 0 Å². The molecule has 3 rings (SSSR count). The van der Waals surface area contributed by atoms with Gasteiger partial charge < -0.3 is 10.6 Å². The lowest BCUT2D eigenvalue weighted by atomic mass is 10.1. The van der Waals surface area contributed by atoms with E-state index in [1.54, 1.807) is 18.4 Å². The monoisotopic (exact) mass is 365 g/mol. The summed E-state index contributed by atoms with van der Waals surface area (Å²) in [5, 5.41) is 7.81. The fraction of sp³-hybridized carbons (Fsp3) is 0.250. The van der Waals surface area contributed by atoms with Crippen molar-refractivity contribution in [3.05, 3.63) is 69.8 Å². The molecule has 0 fully saturated rings. The van der Waals surface area contributed by atoms with Crippen LogP contribution in [0.15, 0.2) is 53.7 Å². The number of guanidine groups is 1. The summed E-state index contributed by atoms with van der Waals surface area (Å²) in [6.07, 6.45) is 1.81. The number of hydrogen-bond acceptors (Lipinski definition) is 4. The van der Waals surface area contributed by atoms with Crippen molar-refractivity contribution in [3.8, 4) is 11.3 Å². The largest absolute Gasteiger partial charge is 0.352 e. The predicted octanol–water partition coefficient (Wildman–Crippen LogP) is 3.69. The Morgan fingerprint density at radius 1 is 1.08 bits per heavy atom. The van der Waals surface area contributed by atoms with Gasteiger partial charge in [0.25, 0.3) is 0 Å². The summed E-state index contributed by atoms with van der Waals surface area (Å²) >= 11 is 1.72. The number of thiazole rings is 1. The lowest BCUT2D eigenvalue weighted by Crippen LogP contribution is -2.36. The van der Waals surface area contributed by atoms with E-state index in [0.29, 0.717) is 6.54 Å². The maximum Gasteiger partial charge on any atom is 0.191 e. The fourth-order valence-electron chi connectivity index (χ4n) is 2.68. The van der Waals surface area contributed by atoms with Gasteiger partial charge in [-0.05, 0) is 37.6 Å². The van der Waals surface area contributed by atoms with Crippen LogP contribution in [0.2, 0.25) is 0 Å². The van der Waals surface area contributed by atoms with Crippen LogP contribution >= 0.6 is 11.3 Å². The molecule has 1 aromatic carbocycles. The summed E-state index contributed by atoms with van der Waals surface area (Å²) in [6, 6.07) is 14.3. The predicted molar refractivity (Wildman–Crippen MR) is 108 cm³/mol. The quantitative estimate of drug-likeness (QED) is 0.535. The molecular formula is C20H23N5S. The van der Waals surface area contributed by atoms with E-state index < -0.39 is 0 Å². The highest BCUT2D eigenvalue weighted by molar-refractivity contribution is 7.11. The van der Waals surface area contributed by atoms with Gasteiger partial charge in [0, 0.05) is 30.2 Å². The minimum absolute atomic E-state index is 0.695. The lowest BCUT2D eigenvalue weighted by molar-refractivity contribution is 0.811. The Morgan fingerprint density at radius 3 is 2.62 bits per heavy atom. The number of pyridine rings is 1. The molecule has 5 nitrogen and oxygen atoms in total. The minimum Gasteiger partial charge on any atom is -0.352 e. The first-order chi connectivity index (χ1) is 12.7. The molecule has 2 aromatic heterocycles. The molecule has 0 saturated carbocycles. The molecule has 0 saturated heterocycles. The lowest BCUT2D eigenvalue weighted by Gasteiger charge is -2.12. The van der Waals surface area contributed by atoms with Crippen LogP contribution in [-0.4, -0.2) is 23.0 Å². The van der Waals surface area contributed by atoms with Gasteiger partial charge >= 0.3 is 0 Å². The van der Waals surface area contributed by atoms with Crippen LogP contribution in [0.1, 0.15) is 21.1 Å². The van der Waals surface area contributed by atoms with E-state index in [1.807, 2.05) is 38.2 Å². The van der Waals surface area contributed by atoms with E-state index in [-0.39, 0.29) is 0 Å². The Labute approximate surface area is 158 Å². The van der Waals surface area contributed by atoms with Crippen molar-refractivity contribution in [1.82, 2.24) is 20.6 Å². The second kappa shape index (κ2) is 8.58. The second-order valence-corrected chi connectivity index (χ2v) is 7.22. The number of rotatable bonds is 5. The van der Waals surface area contributed by atoms with Gasteiger partial charge in [0.2, 0.25) is 0 Å². The molecule has 0 unspecified atom stereocenters. The zero-order valence-corrected chi connectivity index (χ0v) is 16.1. The van der Waals surface area contributed by atoms with Gasteiger partial charge in [0.15, 0.2) is 5.96 Å². The molecule has 0 aliphatic rings. The zero-order valence-electron chi connectivity index (χ0n) is 15.3. The number of aromatic nitrogens is 2. The van der Waals surface area contributed by atoms with E-state index in [0.717, 1.165) is 34.5 Å². The molecule has 0 bridgehead atoms. The molecular weight excluding hydrogens is 342 g/mol. The molecule has 0 spiro atoms. The van der Waals surface area contributed by atoms with E-state index in [4.69, 9.17) is 0 Å². The van der Waals surface area contributed by atoms with Crippen LogP contribution in [0, 0.1) is 13.8 Å². The van der Waals surface area contributed by atoms with Crippen LogP contribution in [0.5, 0.6) is 0 Å². The maximum atomic E-state index is 4.46. The highest BCUT2D eigenvalue weighted by Gasteiger charge is 2.06. The van der Waals surface area contributed by atoms with Crippen molar-refractivity contribution < 1.29 is 0 Å². The average Bonchev–Trinajstić information content (AvgIpc) is 3.00. The highest BCUT2D eigenvalue weighted by Crippen LogP contribution is 2.18. The number of aryl methyl sites for hydroxylation is 2. The van der Waals surface area contributed by atoms with E-state index in [9.17, 15) is 0 Å². The van der Waals surface area contributed by atoms with Crippen molar-refractivity contribution in [2.75, 3.05) is 7.05 Å². The van der Waals surface area contributed by atoms with E-state index >= 15 is 0 Å². The van der Waals surface area contributed by atoms with Crippen LogP contribution in [-0.2, 0) is 13.1 Å². The topological polar surface area (TPSA) is 62.2 Å². The number of nitrogens with zero attached hydrogens (tertiary/aromatic N) is 3. The molecule has 0 amide bonds. The van der Waals surface area contributed by atoms with Gasteiger partial charge in [0.1, 0.15) is 0 Å². The van der Waals surface area contributed by atoms with Crippen LogP contribution in [0.25, 0.3) is 11.3 Å². The number of hydrogen-bond donors (Lipinski definition) is 2. The molecule has 134 valence electrons. The fourth-order valence-corrected chi connectivity index (χ4v) is 3.56. The molecule has 0 aliphatic carbocycles. The summed E-state index contributed by atoms with van der Waals surface area (Å²) in [4.78, 5) is 14.4. The van der Waals surface area contributed by atoms with Gasteiger partial charge in [-0.2, -0.15) is 0 Å². The SMILES string of the molecule is CN=C(NCc1cccc(-c2ccccn2)c1)NCc1sc(C)nc1C. The third-order valence-electron chi connectivity index (χ3n) is 3.99. The van der Waals surface area contributed by atoms with Crippen molar-refractivity contribution in [2.45, 2.75) is 26.9 Å². The molecule has 0 radical (unpaired) electrons. The first-order valence-corrected chi connectivity index (χ1v) is 9.35. The van der Waals surface area contributed by atoms with Crippen LogP contribution in [0.4, 0.5) is 0 Å². The van der Waals surface area contributed by atoms with Crippen molar-refractivity contribution in [2.24, 2.45) is 4.99 Å². The van der Waals surface area contributed by atoms with Gasteiger partial charge in [-0.1, -0.05) is 24.3 Å². The van der Waals surface area contributed by atoms with Crippen LogP contribution in [0.3, 0.4) is 0 Å². The summed E-state index contributed by atoms with van der Waals surface area (Å²) in [7, 11) is 1.78. The number of nitrogens with one attached hydrogen (secondary N) is 2. The minimum atomic E-state index is 0.695. The smallest absolute Gasteiger partial charge is 0.191 e. The van der Waals surface area contributed by atoms with E-state index in [1.165, 1.54) is 10.4 Å².